The smallest absolute Gasteiger partial charge is 0.230 e. The fourth-order valence-electron chi connectivity index (χ4n) is 5.02. The fourth-order valence-corrected chi connectivity index (χ4v) is 5.19. The van der Waals surface area contributed by atoms with Crippen molar-refractivity contribution in [3.05, 3.63) is 29.0 Å². The number of halogens is 2. The molecule has 4 rings (SSSR count). The minimum atomic E-state index is -0.400. The van der Waals surface area contributed by atoms with Crippen LogP contribution in [0.3, 0.4) is 0 Å². The summed E-state index contributed by atoms with van der Waals surface area (Å²) in [5.41, 5.74) is 0.104. The van der Waals surface area contributed by atoms with E-state index in [9.17, 15) is 14.3 Å². The van der Waals surface area contributed by atoms with Crippen LogP contribution in [0.5, 0.6) is 0 Å². The molecule has 2 saturated heterocycles. The van der Waals surface area contributed by atoms with Crippen molar-refractivity contribution in [3.8, 4) is 0 Å². The Hall–Kier alpha value is -1.33. The third-order valence-electron chi connectivity index (χ3n) is 6.50. The summed E-state index contributed by atoms with van der Waals surface area (Å²) in [4.78, 5) is 17.4. The lowest BCUT2D eigenvalue weighted by atomic mass is 9.78. The van der Waals surface area contributed by atoms with Gasteiger partial charge in [0, 0.05) is 25.7 Å². The highest BCUT2D eigenvalue weighted by Gasteiger charge is 2.50. The standard InChI is InChI=1S/C20H26ClFN2O2/c21-16-3-1-4-17(18(16)22)23-11-2-9-20(13-23)10-12-24(19(20)26)14-5-7-15(25)8-6-14/h1,3-4,14-15,25H,2,5-13H2/t14-,15-,20?. The second kappa shape index (κ2) is 7.01. The highest BCUT2D eigenvalue weighted by atomic mass is 35.5. The van der Waals surface area contributed by atoms with Crippen molar-refractivity contribution in [2.45, 2.75) is 57.1 Å². The van der Waals surface area contributed by atoms with Crippen molar-refractivity contribution in [1.82, 2.24) is 4.90 Å². The molecule has 3 aliphatic rings. The van der Waals surface area contributed by atoms with E-state index < -0.39 is 11.2 Å². The van der Waals surface area contributed by atoms with Crippen molar-refractivity contribution in [2.75, 3.05) is 24.5 Å². The maximum Gasteiger partial charge on any atom is 0.230 e. The summed E-state index contributed by atoms with van der Waals surface area (Å²) in [7, 11) is 0. The Morgan fingerprint density at radius 2 is 1.92 bits per heavy atom. The lowest BCUT2D eigenvalue weighted by Crippen LogP contribution is -2.50. The first kappa shape index (κ1) is 18.1. The van der Waals surface area contributed by atoms with Crippen molar-refractivity contribution in [3.63, 3.8) is 0 Å². The lowest BCUT2D eigenvalue weighted by molar-refractivity contribution is -0.139. The predicted molar refractivity (Wildman–Crippen MR) is 99.9 cm³/mol. The number of aliphatic hydroxyl groups is 1. The van der Waals surface area contributed by atoms with E-state index in [4.69, 9.17) is 11.6 Å². The van der Waals surface area contributed by atoms with Crippen LogP contribution in [0, 0.1) is 11.2 Å². The highest BCUT2D eigenvalue weighted by Crippen LogP contribution is 2.44. The van der Waals surface area contributed by atoms with Crippen molar-refractivity contribution in [2.24, 2.45) is 5.41 Å². The number of piperidine rings is 1. The SMILES string of the molecule is O=C1N([C@H]2CC[C@H](O)CC2)CCC12CCCN(c1cccc(Cl)c1F)C2. The molecule has 2 aliphatic heterocycles. The summed E-state index contributed by atoms with van der Waals surface area (Å²) < 4.78 is 14.5. The number of benzene rings is 1. The Kier molecular flexibility index (Phi) is 4.86. The summed E-state index contributed by atoms with van der Waals surface area (Å²) in [5, 5.41) is 9.86. The van der Waals surface area contributed by atoms with Gasteiger partial charge in [-0.1, -0.05) is 17.7 Å². The minimum Gasteiger partial charge on any atom is -0.393 e. The summed E-state index contributed by atoms with van der Waals surface area (Å²) in [6.45, 7) is 2.10. The van der Waals surface area contributed by atoms with Crippen LogP contribution in [0.1, 0.15) is 44.9 Å². The Balaban J connectivity index is 1.52. The van der Waals surface area contributed by atoms with Crippen molar-refractivity contribution < 1.29 is 14.3 Å². The van der Waals surface area contributed by atoms with Gasteiger partial charge in [0.1, 0.15) is 0 Å². The number of nitrogens with zero attached hydrogens (tertiary/aromatic N) is 2. The Morgan fingerprint density at radius 3 is 2.69 bits per heavy atom. The summed E-state index contributed by atoms with van der Waals surface area (Å²) in [5.74, 6) is -0.166. The molecular formula is C20H26ClFN2O2. The first-order chi connectivity index (χ1) is 12.5. The average Bonchev–Trinajstić information content (AvgIpc) is 2.94. The first-order valence-corrected chi connectivity index (χ1v) is 10.1. The van der Waals surface area contributed by atoms with Gasteiger partial charge in [-0.05, 0) is 57.1 Å². The molecule has 0 radical (unpaired) electrons. The maximum atomic E-state index is 14.5. The second-order valence-electron chi connectivity index (χ2n) is 8.09. The van der Waals surface area contributed by atoms with Gasteiger partial charge < -0.3 is 14.9 Å². The molecule has 1 spiro atoms. The zero-order valence-corrected chi connectivity index (χ0v) is 15.7. The normalized spacial score (nSPS) is 32.5. The molecule has 1 unspecified atom stereocenters. The van der Waals surface area contributed by atoms with Crippen LogP contribution in [0.4, 0.5) is 10.1 Å². The molecule has 1 saturated carbocycles. The molecule has 2 heterocycles. The van der Waals surface area contributed by atoms with Gasteiger partial charge in [0.15, 0.2) is 5.82 Å². The Morgan fingerprint density at radius 1 is 1.15 bits per heavy atom. The summed E-state index contributed by atoms with van der Waals surface area (Å²) in [6.07, 6.45) is 5.71. The zero-order valence-electron chi connectivity index (χ0n) is 15.0. The van der Waals surface area contributed by atoms with E-state index in [-0.39, 0.29) is 23.1 Å². The van der Waals surface area contributed by atoms with Gasteiger partial charge in [-0.25, -0.2) is 4.39 Å². The van der Waals surface area contributed by atoms with Gasteiger partial charge in [0.25, 0.3) is 0 Å². The molecule has 6 heteroatoms. The molecule has 4 nitrogen and oxygen atoms in total. The van der Waals surface area contributed by atoms with Gasteiger partial charge >= 0.3 is 0 Å². The minimum absolute atomic E-state index is 0.127. The summed E-state index contributed by atoms with van der Waals surface area (Å²) in [6, 6.07) is 5.32. The van der Waals surface area contributed by atoms with Crippen LogP contribution in [0.15, 0.2) is 18.2 Å². The molecule has 142 valence electrons. The number of rotatable bonds is 2. The molecule has 1 atom stereocenters. The zero-order chi connectivity index (χ0) is 18.3. The topological polar surface area (TPSA) is 43.8 Å². The van der Waals surface area contributed by atoms with Gasteiger partial charge in [0.05, 0.1) is 22.2 Å². The average molecular weight is 381 g/mol. The molecule has 1 aromatic rings. The van der Waals surface area contributed by atoms with Gasteiger partial charge in [-0.2, -0.15) is 0 Å². The molecule has 0 aromatic heterocycles. The maximum absolute atomic E-state index is 14.5. The van der Waals surface area contributed by atoms with Crippen LogP contribution in [-0.4, -0.2) is 47.7 Å². The number of carbonyl (C=O) groups is 1. The third kappa shape index (κ3) is 3.09. The van der Waals surface area contributed by atoms with E-state index in [1.54, 1.807) is 18.2 Å². The fraction of sp³-hybridized carbons (Fsp3) is 0.650. The largest absolute Gasteiger partial charge is 0.393 e. The van der Waals surface area contributed by atoms with Gasteiger partial charge in [-0.3, -0.25) is 4.79 Å². The number of anilines is 1. The number of aliphatic hydroxyl groups excluding tert-OH is 1. The predicted octanol–water partition coefficient (Wildman–Crippen LogP) is 3.60. The van der Waals surface area contributed by atoms with E-state index in [1.165, 1.54) is 0 Å². The molecule has 26 heavy (non-hydrogen) atoms. The molecule has 1 aromatic carbocycles. The molecule has 0 bridgehead atoms. The molecular weight excluding hydrogens is 355 g/mol. The number of hydrogen-bond donors (Lipinski definition) is 1. The molecule has 1 N–H and O–H groups in total. The van der Waals surface area contributed by atoms with E-state index in [2.05, 4.69) is 0 Å². The van der Waals surface area contributed by atoms with Crippen LogP contribution in [0.2, 0.25) is 5.02 Å². The Labute approximate surface area is 158 Å². The molecule has 1 amide bonds. The second-order valence-corrected chi connectivity index (χ2v) is 8.50. The van der Waals surface area contributed by atoms with E-state index >= 15 is 0 Å². The summed E-state index contributed by atoms with van der Waals surface area (Å²) >= 11 is 5.95. The van der Waals surface area contributed by atoms with E-state index in [0.717, 1.165) is 58.0 Å². The number of carbonyl (C=O) groups excluding carboxylic acids is 1. The monoisotopic (exact) mass is 380 g/mol. The van der Waals surface area contributed by atoms with Crippen molar-refractivity contribution >= 4 is 23.2 Å². The Bertz CT molecular complexity index is 692. The quantitative estimate of drug-likeness (QED) is 0.852. The van der Waals surface area contributed by atoms with Crippen molar-refractivity contribution in [1.29, 1.82) is 0 Å². The van der Waals surface area contributed by atoms with Crippen LogP contribution in [-0.2, 0) is 4.79 Å². The van der Waals surface area contributed by atoms with Crippen LogP contribution >= 0.6 is 11.6 Å². The van der Waals surface area contributed by atoms with Crippen LogP contribution in [0.25, 0.3) is 0 Å². The molecule has 1 aliphatic carbocycles. The number of hydrogen-bond acceptors (Lipinski definition) is 3. The van der Waals surface area contributed by atoms with E-state index in [0.29, 0.717) is 12.2 Å². The van der Waals surface area contributed by atoms with Gasteiger partial charge in [-0.15, -0.1) is 0 Å². The first-order valence-electron chi connectivity index (χ1n) is 9.68. The molecule has 3 fully saturated rings. The number of amides is 1. The van der Waals surface area contributed by atoms with E-state index in [1.807, 2.05) is 9.80 Å². The third-order valence-corrected chi connectivity index (χ3v) is 6.79. The lowest BCUT2D eigenvalue weighted by Gasteiger charge is -2.41. The number of likely N-dealkylation sites (tertiary alicyclic amines) is 1. The van der Waals surface area contributed by atoms with Gasteiger partial charge in [0.2, 0.25) is 5.91 Å². The highest BCUT2D eigenvalue weighted by molar-refractivity contribution is 6.31. The van der Waals surface area contributed by atoms with Crippen LogP contribution < -0.4 is 4.90 Å².